The molecule has 1 aromatic rings. The molecule has 0 saturated heterocycles. The summed E-state index contributed by atoms with van der Waals surface area (Å²) in [6.45, 7) is 3.88. The van der Waals surface area contributed by atoms with Crippen LogP contribution in [0, 0.1) is 6.92 Å². The third-order valence-corrected chi connectivity index (χ3v) is 4.01. The summed E-state index contributed by atoms with van der Waals surface area (Å²) in [6, 6.07) is 1.71. The van der Waals surface area contributed by atoms with Crippen LogP contribution >= 0.6 is 0 Å². The van der Waals surface area contributed by atoms with Gasteiger partial charge in [-0.3, -0.25) is 4.79 Å². The predicted octanol–water partition coefficient (Wildman–Crippen LogP) is 2.85. The predicted molar refractivity (Wildman–Crippen MR) is 95.3 cm³/mol. The van der Waals surface area contributed by atoms with Crippen LogP contribution in [0.15, 0.2) is 17.7 Å². The lowest BCUT2D eigenvalue weighted by Crippen LogP contribution is -2.26. The van der Waals surface area contributed by atoms with Gasteiger partial charge in [0.2, 0.25) is 5.95 Å². The summed E-state index contributed by atoms with van der Waals surface area (Å²) in [5.41, 5.74) is 2.70. The maximum atomic E-state index is 12.2. The standard InChI is InChI=1S/C18H28N4O2/c1-14-13-16(17(23)19-10-6-12-24-2)22-18(21-14)20-11-9-15-7-4-3-5-8-15/h7,13H,3-6,8-12H2,1-2H3,(H,19,23)(H,20,21,22). The Bertz CT molecular complexity index is 572. The van der Waals surface area contributed by atoms with Crippen LogP contribution in [0.2, 0.25) is 0 Å². The van der Waals surface area contributed by atoms with Gasteiger partial charge >= 0.3 is 0 Å². The summed E-state index contributed by atoms with van der Waals surface area (Å²) < 4.78 is 4.97. The maximum Gasteiger partial charge on any atom is 0.270 e. The second-order valence-electron chi connectivity index (χ2n) is 6.11. The molecule has 1 aliphatic carbocycles. The average Bonchev–Trinajstić information content (AvgIpc) is 2.59. The number of hydrogen-bond donors (Lipinski definition) is 2. The first-order valence-electron chi connectivity index (χ1n) is 8.73. The number of amides is 1. The molecule has 1 aliphatic rings. The van der Waals surface area contributed by atoms with Gasteiger partial charge in [-0.25, -0.2) is 9.97 Å². The Morgan fingerprint density at radius 3 is 2.92 bits per heavy atom. The summed E-state index contributed by atoms with van der Waals surface area (Å²) in [5.74, 6) is 0.350. The minimum atomic E-state index is -0.172. The van der Waals surface area contributed by atoms with E-state index in [2.05, 4.69) is 26.7 Å². The Balaban J connectivity index is 1.85. The van der Waals surface area contributed by atoms with Gasteiger partial charge in [-0.15, -0.1) is 0 Å². The number of hydrogen-bond acceptors (Lipinski definition) is 5. The summed E-state index contributed by atoms with van der Waals surface area (Å²) >= 11 is 0. The van der Waals surface area contributed by atoms with E-state index in [9.17, 15) is 4.79 Å². The average molecular weight is 332 g/mol. The third kappa shape index (κ3) is 6.28. The smallest absolute Gasteiger partial charge is 0.270 e. The Kier molecular flexibility index (Phi) is 7.68. The summed E-state index contributed by atoms with van der Waals surface area (Å²) in [4.78, 5) is 20.9. The number of aryl methyl sites for hydroxylation is 1. The molecule has 1 amide bonds. The Labute approximate surface area is 144 Å². The van der Waals surface area contributed by atoms with Crippen molar-refractivity contribution in [1.29, 1.82) is 0 Å². The minimum Gasteiger partial charge on any atom is -0.385 e. The molecule has 0 aromatic carbocycles. The quantitative estimate of drug-likeness (QED) is 0.537. The largest absolute Gasteiger partial charge is 0.385 e. The van der Waals surface area contributed by atoms with Crippen LogP contribution in [0.4, 0.5) is 5.95 Å². The van der Waals surface area contributed by atoms with E-state index < -0.39 is 0 Å². The summed E-state index contributed by atoms with van der Waals surface area (Å²) in [6.07, 6.45) is 9.14. The lowest BCUT2D eigenvalue weighted by atomic mass is 9.97. The number of anilines is 1. The van der Waals surface area contributed by atoms with E-state index in [4.69, 9.17) is 4.74 Å². The van der Waals surface area contributed by atoms with E-state index in [0.29, 0.717) is 24.8 Å². The van der Waals surface area contributed by atoms with Crippen molar-refractivity contribution in [2.75, 3.05) is 32.1 Å². The van der Waals surface area contributed by atoms with Crippen molar-refractivity contribution >= 4 is 11.9 Å². The minimum absolute atomic E-state index is 0.172. The summed E-state index contributed by atoms with van der Waals surface area (Å²) in [7, 11) is 1.65. The molecule has 2 rings (SSSR count). The van der Waals surface area contributed by atoms with E-state index in [0.717, 1.165) is 25.1 Å². The van der Waals surface area contributed by atoms with Crippen molar-refractivity contribution < 1.29 is 9.53 Å². The fourth-order valence-corrected chi connectivity index (χ4v) is 2.74. The zero-order valence-corrected chi connectivity index (χ0v) is 14.7. The number of rotatable bonds is 9. The molecule has 2 N–H and O–H groups in total. The van der Waals surface area contributed by atoms with E-state index >= 15 is 0 Å². The van der Waals surface area contributed by atoms with Gasteiger partial charge in [0.1, 0.15) is 5.69 Å². The van der Waals surface area contributed by atoms with Crippen molar-refractivity contribution in [2.45, 2.75) is 45.4 Å². The molecule has 6 heteroatoms. The molecule has 6 nitrogen and oxygen atoms in total. The van der Waals surface area contributed by atoms with Crippen molar-refractivity contribution in [3.05, 3.63) is 29.1 Å². The second-order valence-corrected chi connectivity index (χ2v) is 6.11. The molecule has 0 fully saturated rings. The zero-order valence-electron chi connectivity index (χ0n) is 14.7. The van der Waals surface area contributed by atoms with Gasteiger partial charge < -0.3 is 15.4 Å². The first-order chi connectivity index (χ1) is 11.7. The number of ether oxygens (including phenoxy) is 1. The molecule has 0 saturated carbocycles. The fraction of sp³-hybridized carbons (Fsp3) is 0.611. The second kappa shape index (κ2) is 10.0. The van der Waals surface area contributed by atoms with Gasteiger partial charge in [-0.2, -0.15) is 0 Å². The lowest BCUT2D eigenvalue weighted by Gasteiger charge is -2.13. The molecule has 0 radical (unpaired) electrons. The van der Waals surface area contributed by atoms with Gasteiger partial charge in [0.25, 0.3) is 5.91 Å². The normalized spacial score (nSPS) is 14.2. The van der Waals surface area contributed by atoms with Gasteiger partial charge in [-0.1, -0.05) is 11.6 Å². The van der Waals surface area contributed by atoms with Crippen LogP contribution in [-0.4, -0.2) is 42.7 Å². The van der Waals surface area contributed by atoms with Crippen LogP contribution in [0.3, 0.4) is 0 Å². The van der Waals surface area contributed by atoms with Crippen LogP contribution in [0.1, 0.15) is 54.7 Å². The monoisotopic (exact) mass is 332 g/mol. The number of methoxy groups -OCH3 is 1. The molecule has 1 heterocycles. The maximum absolute atomic E-state index is 12.2. The van der Waals surface area contributed by atoms with E-state index in [-0.39, 0.29) is 5.91 Å². The molecular formula is C18H28N4O2. The number of allylic oxidation sites excluding steroid dienone is 1. The number of carbonyl (C=O) groups excluding carboxylic acids is 1. The SMILES string of the molecule is COCCCNC(=O)c1cc(C)nc(NCCC2=CCCCC2)n1. The number of carbonyl (C=O) groups is 1. The molecule has 0 atom stereocenters. The van der Waals surface area contributed by atoms with Crippen LogP contribution < -0.4 is 10.6 Å². The highest BCUT2D eigenvalue weighted by Gasteiger charge is 2.10. The van der Waals surface area contributed by atoms with Crippen LogP contribution in [0.5, 0.6) is 0 Å². The van der Waals surface area contributed by atoms with Gasteiger partial charge in [0.15, 0.2) is 0 Å². The highest BCUT2D eigenvalue weighted by atomic mass is 16.5. The molecule has 0 spiro atoms. The first kappa shape index (κ1) is 18.4. The molecule has 1 aromatic heterocycles. The van der Waals surface area contributed by atoms with Crippen molar-refractivity contribution in [3.8, 4) is 0 Å². The van der Waals surface area contributed by atoms with Crippen LogP contribution in [0.25, 0.3) is 0 Å². The van der Waals surface area contributed by atoms with Crippen molar-refractivity contribution in [1.82, 2.24) is 15.3 Å². The molecule has 0 bridgehead atoms. The molecular weight excluding hydrogens is 304 g/mol. The topological polar surface area (TPSA) is 76.1 Å². The number of nitrogens with one attached hydrogen (secondary N) is 2. The Morgan fingerprint density at radius 1 is 1.29 bits per heavy atom. The van der Waals surface area contributed by atoms with E-state index in [1.807, 2.05) is 6.92 Å². The summed E-state index contributed by atoms with van der Waals surface area (Å²) in [5, 5.41) is 6.09. The lowest BCUT2D eigenvalue weighted by molar-refractivity contribution is 0.0943. The number of nitrogens with zero attached hydrogens (tertiary/aromatic N) is 2. The van der Waals surface area contributed by atoms with Crippen molar-refractivity contribution in [2.24, 2.45) is 0 Å². The van der Waals surface area contributed by atoms with Gasteiger partial charge in [-0.05, 0) is 51.5 Å². The van der Waals surface area contributed by atoms with E-state index in [1.54, 1.807) is 13.2 Å². The first-order valence-corrected chi connectivity index (χ1v) is 8.73. The molecule has 0 aliphatic heterocycles. The number of aromatic nitrogens is 2. The zero-order chi connectivity index (χ0) is 17.2. The van der Waals surface area contributed by atoms with E-state index in [1.165, 1.54) is 31.3 Å². The fourth-order valence-electron chi connectivity index (χ4n) is 2.74. The van der Waals surface area contributed by atoms with Crippen LogP contribution in [-0.2, 0) is 4.74 Å². The molecule has 24 heavy (non-hydrogen) atoms. The molecule has 132 valence electrons. The Morgan fingerprint density at radius 2 is 2.17 bits per heavy atom. The third-order valence-electron chi connectivity index (χ3n) is 4.01. The van der Waals surface area contributed by atoms with Crippen molar-refractivity contribution in [3.63, 3.8) is 0 Å². The highest BCUT2D eigenvalue weighted by Crippen LogP contribution is 2.19. The highest BCUT2D eigenvalue weighted by molar-refractivity contribution is 5.92. The van der Waals surface area contributed by atoms with Gasteiger partial charge in [0, 0.05) is 32.5 Å². The Hall–Kier alpha value is -1.95. The molecule has 0 unspecified atom stereocenters. The van der Waals surface area contributed by atoms with Gasteiger partial charge in [0.05, 0.1) is 0 Å².